The normalized spacial score (nSPS) is 11.6. The van der Waals surface area contributed by atoms with E-state index in [-0.39, 0.29) is 10.6 Å². The molecule has 0 aliphatic carbocycles. The van der Waals surface area contributed by atoms with E-state index in [1.165, 1.54) is 18.2 Å². The molecule has 0 heterocycles. The Morgan fingerprint density at radius 1 is 1.26 bits per heavy atom. The first kappa shape index (κ1) is 20.9. The van der Waals surface area contributed by atoms with Gasteiger partial charge in [-0.15, -0.1) is 0 Å². The Kier molecular flexibility index (Phi) is 6.56. The molecule has 0 saturated heterocycles. The van der Waals surface area contributed by atoms with Gasteiger partial charge in [0.1, 0.15) is 12.4 Å². The molecule has 2 rings (SSSR count). The van der Waals surface area contributed by atoms with Gasteiger partial charge in [0.05, 0.1) is 23.2 Å². The van der Waals surface area contributed by atoms with Crippen molar-refractivity contribution in [3.05, 3.63) is 63.9 Å². The molecule has 1 N–H and O–H groups in total. The van der Waals surface area contributed by atoms with E-state index >= 15 is 0 Å². The SMILES string of the molecule is Cc1cccc(N(CC(=O)N/N=C\c2c(F)cccc2Cl)S(C)(=O)=O)c1C. The van der Waals surface area contributed by atoms with Crippen molar-refractivity contribution in [2.75, 3.05) is 17.1 Å². The fourth-order valence-electron chi connectivity index (χ4n) is 2.36. The van der Waals surface area contributed by atoms with Gasteiger partial charge in [-0.1, -0.05) is 29.8 Å². The highest BCUT2D eigenvalue weighted by molar-refractivity contribution is 7.92. The summed E-state index contributed by atoms with van der Waals surface area (Å²) in [6.45, 7) is 3.16. The van der Waals surface area contributed by atoms with E-state index in [1.54, 1.807) is 19.1 Å². The summed E-state index contributed by atoms with van der Waals surface area (Å²) < 4.78 is 39.0. The van der Waals surface area contributed by atoms with Gasteiger partial charge in [-0.2, -0.15) is 5.10 Å². The number of aryl methyl sites for hydroxylation is 1. The van der Waals surface area contributed by atoms with Gasteiger partial charge in [-0.05, 0) is 43.2 Å². The molecule has 0 bridgehead atoms. The Bertz CT molecular complexity index is 973. The first-order valence-corrected chi connectivity index (χ1v) is 10.1. The zero-order chi connectivity index (χ0) is 20.2. The molecule has 1 amide bonds. The van der Waals surface area contributed by atoms with Gasteiger partial charge in [-0.3, -0.25) is 9.10 Å². The van der Waals surface area contributed by atoms with Gasteiger partial charge in [0, 0.05) is 5.56 Å². The summed E-state index contributed by atoms with van der Waals surface area (Å²) in [6.07, 6.45) is 2.09. The van der Waals surface area contributed by atoms with Crippen molar-refractivity contribution in [2.45, 2.75) is 13.8 Å². The van der Waals surface area contributed by atoms with E-state index in [0.717, 1.165) is 27.9 Å². The maximum atomic E-state index is 13.7. The Morgan fingerprint density at radius 3 is 2.56 bits per heavy atom. The second-order valence-corrected chi connectivity index (χ2v) is 8.23. The summed E-state index contributed by atoms with van der Waals surface area (Å²) in [7, 11) is -3.70. The highest BCUT2D eigenvalue weighted by Crippen LogP contribution is 2.24. The lowest BCUT2D eigenvalue weighted by molar-refractivity contribution is -0.119. The first-order chi connectivity index (χ1) is 12.6. The van der Waals surface area contributed by atoms with E-state index in [1.807, 2.05) is 13.0 Å². The number of hydrogen-bond donors (Lipinski definition) is 1. The van der Waals surface area contributed by atoms with Crippen LogP contribution in [0.1, 0.15) is 16.7 Å². The monoisotopic (exact) mass is 411 g/mol. The summed E-state index contributed by atoms with van der Waals surface area (Å²) in [5, 5.41) is 3.80. The topological polar surface area (TPSA) is 78.8 Å². The number of carbonyl (C=O) groups is 1. The van der Waals surface area contributed by atoms with Crippen LogP contribution in [-0.2, 0) is 14.8 Å². The Morgan fingerprint density at radius 2 is 1.93 bits per heavy atom. The molecule has 0 fully saturated rings. The molecule has 144 valence electrons. The molecule has 0 atom stereocenters. The van der Waals surface area contributed by atoms with Gasteiger partial charge in [0.25, 0.3) is 5.91 Å². The number of anilines is 1. The molecule has 2 aromatic carbocycles. The minimum absolute atomic E-state index is 0.0222. The fourth-order valence-corrected chi connectivity index (χ4v) is 3.47. The third-order valence-electron chi connectivity index (χ3n) is 3.91. The second kappa shape index (κ2) is 8.49. The molecule has 2 aromatic rings. The van der Waals surface area contributed by atoms with Crippen LogP contribution < -0.4 is 9.73 Å². The van der Waals surface area contributed by atoms with Crippen LogP contribution in [0.15, 0.2) is 41.5 Å². The predicted molar refractivity (Wildman–Crippen MR) is 105 cm³/mol. The molecule has 0 aliphatic rings. The smallest absolute Gasteiger partial charge is 0.260 e. The van der Waals surface area contributed by atoms with Gasteiger partial charge < -0.3 is 0 Å². The van der Waals surface area contributed by atoms with E-state index in [2.05, 4.69) is 10.5 Å². The van der Waals surface area contributed by atoms with Crippen LogP contribution in [0.2, 0.25) is 5.02 Å². The van der Waals surface area contributed by atoms with Crippen LogP contribution in [0.4, 0.5) is 10.1 Å². The Hall–Kier alpha value is -2.45. The molecule has 0 aliphatic heterocycles. The van der Waals surface area contributed by atoms with Crippen molar-refractivity contribution in [2.24, 2.45) is 5.10 Å². The van der Waals surface area contributed by atoms with Crippen LogP contribution in [0.25, 0.3) is 0 Å². The van der Waals surface area contributed by atoms with Crippen LogP contribution in [0.5, 0.6) is 0 Å². The van der Waals surface area contributed by atoms with Crippen LogP contribution in [0, 0.1) is 19.7 Å². The molecular formula is C18H19ClFN3O3S. The number of benzene rings is 2. The third-order valence-corrected chi connectivity index (χ3v) is 5.37. The summed E-state index contributed by atoms with van der Waals surface area (Å²) >= 11 is 5.87. The fraction of sp³-hybridized carbons (Fsp3) is 0.222. The largest absolute Gasteiger partial charge is 0.271 e. The highest BCUT2D eigenvalue weighted by Gasteiger charge is 2.22. The molecular weight excluding hydrogens is 393 g/mol. The lowest BCUT2D eigenvalue weighted by Gasteiger charge is -2.23. The number of amides is 1. The maximum Gasteiger partial charge on any atom is 0.260 e. The minimum atomic E-state index is -3.70. The van der Waals surface area contributed by atoms with Crippen LogP contribution in [0.3, 0.4) is 0 Å². The quantitative estimate of drug-likeness (QED) is 0.586. The maximum absolute atomic E-state index is 13.7. The molecule has 27 heavy (non-hydrogen) atoms. The van der Waals surface area contributed by atoms with Crippen molar-refractivity contribution < 1.29 is 17.6 Å². The number of hydrazone groups is 1. The van der Waals surface area contributed by atoms with E-state index < -0.39 is 28.3 Å². The van der Waals surface area contributed by atoms with Crippen molar-refractivity contribution in [3.63, 3.8) is 0 Å². The highest BCUT2D eigenvalue weighted by atomic mass is 35.5. The Labute approximate surface area is 162 Å². The predicted octanol–water partition coefficient (Wildman–Crippen LogP) is 3.01. The average molecular weight is 412 g/mol. The summed E-state index contributed by atoms with van der Waals surface area (Å²) in [6, 6.07) is 9.33. The number of rotatable bonds is 6. The zero-order valence-electron chi connectivity index (χ0n) is 15.0. The van der Waals surface area contributed by atoms with E-state index in [9.17, 15) is 17.6 Å². The standard InChI is InChI=1S/C18H19ClFN3O3S/c1-12-6-4-9-17(13(12)2)23(27(3,25)26)11-18(24)22-21-10-14-15(19)7-5-8-16(14)20/h4-10H,11H2,1-3H3,(H,22,24)/b21-10-. The molecule has 0 spiro atoms. The molecule has 6 nitrogen and oxygen atoms in total. The Balaban J connectivity index is 2.18. The van der Waals surface area contributed by atoms with Crippen LogP contribution >= 0.6 is 11.6 Å². The van der Waals surface area contributed by atoms with Crippen molar-refractivity contribution in [3.8, 4) is 0 Å². The zero-order valence-corrected chi connectivity index (χ0v) is 16.6. The van der Waals surface area contributed by atoms with Gasteiger partial charge in [-0.25, -0.2) is 18.2 Å². The number of nitrogens with zero attached hydrogens (tertiary/aromatic N) is 2. The lowest BCUT2D eigenvalue weighted by atomic mass is 10.1. The number of nitrogens with one attached hydrogen (secondary N) is 1. The number of hydrogen-bond acceptors (Lipinski definition) is 4. The van der Waals surface area contributed by atoms with Gasteiger partial charge in [0.15, 0.2) is 0 Å². The van der Waals surface area contributed by atoms with Crippen LogP contribution in [-0.4, -0.2) is 33.3 Å². The van der Waals surface area contributed by atoms with Crippen molar-refractivity contribution in [1.29, 1.82) is 0 Å². The van der Waals surface area contributed by atoms with E-state index in [4.69, 9.17) is 11.6 Å². The average Bonchev–Trinajstić information content (AvgIpc) is 2.57. The molecule has 0 unspecified atom stereocenters. The van der Waals surface area contributed by atoms with Crippen molar-refractivity contribution in [1.82, 2.24) is 5.43 Å². The second-order valence-electron chi connectivity index (χ2n) is 5.92. The minimum Gasteiger partial charge on any atom is -0.271 e. The molecule has 0 radical (unpaired) electrons. The number of halogens is 2. The molecule has 0 saturated carbocycles. The summed E-state index contributed by atoms with van der Waals surface area (Å²) in [4.78, 5) is 12.2. The lowest BCUT2D eigenvalue weighted by Crippen LogP contribution is -2.39. The number of sulfonamides is 1. The summed E-state index contributed by atoms with van der Waals surface area (Å²) in [5.41, 5.74) is 4.27. The first-order valence-electron chi connectivity index (χ1n) is 7.91. The third kappa shape index (κ3) is 5.27. The molecule has 9 heteroatoms. The van der Waals surface area contributed by atoms with Crippen molar-refractivity contribution >= 4 is 39.4 Å². The number of carbonyl (C=O) groups excluding carboxylic acids is 1. The summed E-state index contributed by atoms with van der Waals surface area (Å²) in [5.74, 6) is -1.27. The van der Waals surface area contributed by atoms with Gasteiger partial charge in [0.2, 0.25) is 10.0 Å². The molecule has 0 aromatic heterocycles. The van der Waals surface area contributed by atoms with Gasteiger partial charge >= 0.3 is 0 Å². The van der Waals surface area contributed by atoms with E-state index in [0.29, 0.717) is 5.69 Å².